The fourth-order valence-electron chi connectivity index (χ4n) is 4.22. The molecule has 2 aliphatic rings. The van der Waals surface area contributed by atoms with Crippen LogP contribution in [0, 0.1) is 5.92 Å². The predicted molar refractivity (Wildman–Crippen MR) is 83.5 cm³/mol. The fourth-order valence-corrected chi connectivity index (χ4v) is 4.22. The summed E-state index contributed by atoms with van der Waals surface area (Å²) in [4.78, 5) is 2.83. The van der Waals surface area contributed by atoms with E-state index >= 15 is 0 Å². The molecule has 0 amide bonds. The van der Waals surface area contributed by atoms with Gasteiger partial charge in [-0.3, -0.25) is 0 Å². The van der Waals surface area contributed by atoms with Crippen molar-refractivity contribution in [3.05, 3.63) is 0 Å². The largest absolute Gasteiger partial charge is 0.314 e. The maximum atomic E-state index is 3.67. The van der Waals surface area contributed by atoms with Gasteiger partial charge in [0.1, 0.15) is 0 Å². The van der Waals surface area contributed by atoms with Crippen LogP contribution in [0.3, 0.4) is 0 Å². The van der Waals surface area contributed by atoms with E-state index in [9.17, 15) is 0 Å². The summed E-state index contributed by atoms with van der Waals surface area (Å²) in [5.41, 5.74) is 0. The molecule has 112 valence electrons. The van der Waals surface area contributed by atoms with Gasteiger partial charge in [-0.25, -0.2) is 0 Å². The summed E-state index contributed by atoms with van der Waals surface area (Å²) < 4.78 is 0. The van der Waals surface area contributed by atoms with Crippen LogP contribution in [-0.2, 0) is 0 Å². The van der Waals surface area contributed by atoms with Gasteiger partial charge in [-0.2, -0.15) is 0 Å². The second-order valence-corrected chi connectivity index (χ2v) is 6.70. The van der Waals surface area contributed by atoms with E-state index in [0.29, 0.717) is 0 Å². The van der Waals surface area contributed by atoms with Gasteiger partial charge in [0.15, 0.2) is 0 Å². The molecule has 19 heavy (non-hydrogen) atoms. The molecule has 1 saturated carbocycles. The number of hydrogen-bond acceptors (Lipinski definition) is 2. The lowest BCUT2D eigenvalue weighted by atomic mass is 9.89. The first-order valence-electron chi connectivity index (χ1n) is 8.80. The second-order valence-electron chi connectivity index (χ2n) is 6.70. The number of nitrogens with one attached hydrogen (secondary N) is 1. The van der Waals surface area contributed by atoms with E-state index in [1.807, 2.05) is 0 Å². The molecule has 0 aromatic heterocycles. The Morgan fingerprint density at radius 1 is 1.00 bits per heavy atom. The summed E-state index contributed by atoms with van der Waals surface area (Å²) >= 11 is 0. The van der Waals surface area contributed by atoms with Crippen LogP contribution in [0.5, 0.6) is 0 Å². The zero-order valence-corrected chi connectivity index (χ0v) is 13.2. The molecule has 2 fully saturated rings. The highest BCUT2D eigenvalue weighted by molar-refractivity contribution is 4.85. The van der Waals surface area contributed by atoms with Gasteiger partial charge >= 0.3 is 0 Å². The quantitative estimate of drug-likeness (QED) is 0.814. The lowest BCUT2D eigenvalue weighted by Crippen LogP contribution is -2.44. The smallest absolute Gasteiger partial charge is 0.0110 e. The van der Waals surface area contributed by atoms with E-state index in [1.54, 1.807) is 0 Å². The average Bonchev–Trinajstić information content (AvgIpc) is 2.66. The molecule has 0 spiro atoms. The third kappa shape index (κ3) is 4.75. The van der Waals surface area contributed by atoms with Crippen LogP contribution in [-0.4, -0.2) is 36.6 Å². The van der Waals surface area contributed by atoms with Crippen molar-refractivity contribution in [1.29, 1.82) is 0 Å². The van der Waals surface area contributed by atoms with E-state index in [4.69, 9.17) is 0 Å². The van der Waals surface area contributed by atoms with Crippen molar-refractivity contribution in [2.75, 3.05) is 19.6 Å². The molecular formula is C17H34N2. The number of hydrogen-bond donors (Lipinski definition) is 1. The molecule has 0 bridgehead atoms. The molecule has 0 aromatic carbocycles. The number of nitrogens with zero attached hydrogens (tertiary/aromatic N) is 1. The average molecular weight is 266 g/mol. The van der Waals surface area contributed by atoms with Crippen LogP contribution >= 0.6 is 0 Å². The highest BCUT2D eigenvalue weighted by Gasteiger charge is 2.27. The molecule has 3 atom stereocenters. The summed E-state index contributed by atoms with van der Waals surface area (Å²) in [6.07, 6.45) is 12.9. The summed E-state index contributed by atoms with van der Waals surface area (Å²) in [5.74, 6) is 1.02. The molecule has 1 N–H and O–H groups in total. The van der Waals surface area contributed by atoms with Gasteiger partial charge < -0.3 is 10.2 Å². The van der Waals surface area contributed by atoms with E-state index < -0.39 is 0 Å². The van der Waals surface area contributed by atoms with Gasteiger partial charge in [-0.1, -0.05) is 33.1 Å². The SMILES string of the molecule is CCCC1CCCN(C2CCCC(NCC)C2)CC1. The zero-order valence-electron chi connectivity index (χ0n) is 13.2. The summed E-state index contributed by atoms with van der Waals surface area (Å²) in [6, 6.07) is 1.66. The molecule has 2 heteroatoms. The zero-order chi connectivity index (χ0) is 13.5. The molecule has 1 heterocycles. The molecule has 1 saturated heterocycles. The molecule has 2 rings (SSSR count). The molecule has 0 radical (unpaired) electrons. The van der Waals surface area contributed by atoms with Gasteiger partial charge in [0.05, 0.1) is 0 Å². The van der Waals surface area contributed by atoms with E-state index in [-0.39, 0.29) is 0 Å². The summed E-state index contributed by atoms with van der Waals surface area (Å²) in [5, 5.41) is 3.67. The molecule has 0 aromatic rings. The van der Waals surface area contributed by atoms with E-state index in [2.05, 4.69) is 24.1 Å². The van der Waals surface area contributed by atoms with Gasteiger partial charge in [0.2, 0.25) is 0 Å². The predicted octanol–water partition coefficient (Wildman–Crippen LogP) is 3.81. The van der Waals surface area contributed by atoms with Crippen molar-refractivity contribution in [1.82, 2.24) is 10.2 Å². The van der Waals surface area contributed by atoms with Crippen LogP contribution in [0.25, 0.3) is 0 Å². The van der Waals surface area contributed by atoms with Crippen molar-refractivity contribution in [2.24, 2.45) is 5.92 Å². The third-order valence-corrected chi connectivity index (χ3v) is 5.23. The highest BCUT2D eigenvalue weighted by atomic mass is 15.2. The van der Waals surface area contributed by atoms with Crippen LogP contribution in [0.4, 0.5) is 0 Å². The lowest BCUT2D eigenvalue weighted by Gasteiger charge is -2.37. The van der Waals surface area contributed by atoms with Crippen molar-refractivity contribution in [3.63, 3.8) is 0 Å². The Morgan fingerprint density at radius 3 is 2.68 bits per heavy atom. The monoisotopic (exact) mass is 266 g/mol. The van der Waals surface area contributed by atoms with E-state index in [0.717, 1.165) is 24.5 Å². The first kappa shape index (κ1) is 15.3. The fraction of sp³-hybridized carbons (Fsp3) is 1.00. The maximum absolute atomic E-state index is 3.67. The first-order valence-corrected chi connectivity index (χ1v) is 8.80. The third-order valence-electron chi connectivity index (χ3n) is 5.23. The van der Waals surface area contributed by atoms with Crippen LogP contribution < -0.4 is 5.32 Å². The standard InChI is InChI=1S/C17H34N2/c1-3-7-15-8-6-12-19(13-11-15)17-10-5-9-16(14-17)18-4-2/h15-18H,3-14H2,1-2H3. The van der Waals surface area contributed by atoms with Gasteiger partial charge in [-0.05, 0) is 64.1 Å². The van der Waals surface area contributed by atoms with Crippen molar-refractivity contribution >= 4 is 0 Å². The van der Waals surface area contributed by atoms with Crippen molar-refractivity contribution in [3.8, 4) is 0 Å². The van der Waals surface area contributed by atoms with Gasteiger partial charge in [-0.15, -0.1) is 0 Å². The highest BCUT2D eigenvalue weighted by Crippen LogP contribution is 2.28. The molecule has 2 nitrogen and oxygen atoms in total. The Kier molecular flexibility index (Phi) is 6.66. The minimum absolute atomic E-state index is 0.790. The maximum Gasteiger partial charge on any atom is 0.0110 e. The van der Waals surface area contributed by atoms with Crippen molar-refractivity contribution in [2.45, 2.75) is 83.7 Å². The van der Waals surface area contributed by atoms with Crippen LogP contribution in [0.15, 0.2) is 0 Å². The van der Waals surface area contributed by atoms with Crippen LogP contribution in [0.1, 0.15) is 71.6 Å². The Labute approximate surface area is 120 Å². The number of rotatable bonds is 5. The van der Waals surface area contributed by atoms with Gasteiger partial charge in [0.25, 0.3) is 0 Å². The minimum atomic E-state index is 0.790. The normalized spacial score (nSPS) is 34.1. The molecular weight excluding hydrogens is 232 g/mol. The minimum Gasteiger partial charge on any atom is -0.314 e. The van der Waals surface area contributed by atoms with Crippen molar-refractivity contribution < 1.29 is 0 Å². The molecule has 3 unspecified atom stereocenters. The molecule has 1 aliphatic carbocycles. The van der Waals surface area contributed by atoms with E-state index in [1.165, 1.54) is 70.9 Å². The Balaban J connectivity index is 1.80. The lowest BCUT2D eigenvalue weighted by molar-refractivity contribution is 0.142. The second kappa shape index (κ2) is 8.26. The summed E-state index contributed by atoms with van der Waals surface area (Å²) in [7, 11) is 0. The van der Waals surface area contributed by atoms with Gasteiger partial charge in [0, 0.05) is 12.1 Å². The summed E-state index contributed by atoms with van der Waals surface area (Å²) in [6.45, 7) is 8.45. The molecule has 1 aliphatic heterocycles. The van der Waals surface area contributed by atoms with Crippen LogP contribution in [0.2, 0.25) is 0 Å². The first-order chi connectivity index (χ1) is 9.33. The Hall–Kier alpha value is -0.0800. The Morgan fingerprint density at radius 2 is 1.89 bits per heavy atom. The Bertz CT molecular complexity index is 239. The number of likely N-dealkylation sites (tertiary alicyclic amines) is 1. The topological polar surface area (TPSA) is 15.3 Å².